The van der Waals surface area contributed by atoms with E-state index in [0.29, 0.717) is 5.75 Å². The van der Waals surface area contributed by atoms with E-state index in [2.05, 4.69) is 10.6 Å². The minimum atomic E-state index is -1.10. The fraction of sp³-hybridized carbons (Fsp3) is 0.290. The molecule has 1 atom stereocenters. The second-order valence-corrected chi connectivity index (χ2v) is 9.03. The first-order valence-corrected chi connectivity index (χ1v) is 13.0. The zero-order valence-electron chi connectivity index (χ0n) is 23.1. The molecule has 0 unspecified atom stereocenters. The zero-order valence-corrected chi connectivity index (χ0v) is 23.1. The minimum absolute atomic E-state index is 0.0182. The number of Topliss-reactive ketones (excluding diaryl/α,β-unsaturated/α-hetero) is 2. The number of carbonyl (C=O) groups is 4. The predicted octanol–water partition coefficient (Wildman–Crippen LogP) is 3.23. The third-order valence-electron chi connectivity index (χ3n) is 5.96. The van der Waals surface area contributed by atoms with E-state index in [4.69, 9.17) is 18.9 Å². The van der Waals surface area contributed by atoms with Crippen LogP contribution in [0.2, 0.25) is 0 Å². The fourth-order valence-corrected chi connectivity index (χ4v) is 3.90. The van der Waals surface area contributed by atoms with Crippen molar-refractivity contribution in [3.8, 4) is 11.5 Å². The molecule has 0 saturated heterocycles. The van der Waals surface area contributed by atoms with Crippen LogP contribution in [0.25, 0.3) is 0 Å². The quantitative estimate of drug-likeness (QED) is 0.146. The van der Waals surface area contributed by atoms with Gasteiger partial charge >= 0.3 is 0 Å². The van der Waals surface area contributed by atoms with Gasteiger partial charge in [-0.1, -0.05) is 60.7 Å². The lowest BCUT2D eigenvalue weighted by atomic mass is 10.0. The van der Waals surface area contributed by atoms with Crippen molar-refractivity contribution in [3.05, 3.63) is 95.6 Å². The highest BCUT2D eigenvalue weighted by Gasteiger charge is 2.27. The number of hydrogen-bond donors (Lipinski definition) is 2. The fourth-order valence-electron chi connectivity index (χ4n) is 3.90. The minimum Gasteiger partial charge on any atom is -0.467 e. The topological polar surface area (TPSA) is 129 Å². The van der Waals surface area contributed by atoms with Gasteiger partial charge in [-0.05, 0) is 23.3 Å². The van der Waals surface area contributed by atoms with E-state index in [1.165, 1.54) is 26.4 Å². The summed E-state index contributed by atoms with van der Waals surface area (Å²) in [6.07, 6.45) is -0.232. The molecule has 0 radical (unpaired) electrons. The smallest absolute Gasteiger partial charge is 0.289 e. The van der Waals surface area contributed by atoms with Crippen molar-refractivity contribution in [2.24, 2.45) is 0 Å². The summed E-state index contributed by atoms with van der Waals surface area (Å²) >= 11 is 0. The molecule has 10 heteroatoms. The second kappa shape index (κ2) is 16.5. The Labute approximate surface area is 238 Å². The Morgan fingerprint density at radius 3 is 2.05 bits per heavy atom. The van der Waals surface area contributed by atoms with Crippen molar-refractivity contribution >= 4 is 23.4 Å². The van der Waals surface area contributed by atoms with Crippen LogP contribution < -0.4 is 20.1 Å². The summed E-state index contributed by atoms with van der Waals surface area (Å²) in [5.41, 5.74) is 1.86. The Hall–Kier alpha value is -4.54. The number of ketones is 2. The molecule has 0 saturated carbocycles. The summed E-state index contributed by atoms with van der Waals surface area (Å²) < 4.78 is 20.8. The van der Waals surface area contributed by atoms with Gasteiger partial charge in [-0.15, -0.1) is 0 Å². The molecule has 216 valence electrons. The number of carbonyl (C=O) groups excluding carboxylic acids is 4. The van der Waals surface area contributed by atoms with Gasteiger partial charge in [0.25, 0.3) is 5.91 Å². The summed E-state index contributed by atoms with van der Waals surface area (Å²) in [5.74, 6) is -1.80. The van der Waals surface area contributed by atoms with Gasteiger partial charge in [-0.25, -0.2) is 0 Å². The van der Waals surface area contributed by atoms with Crippen molar-refractivity contribution in [1.82, 2.24) is 10.6 Å². The second-order valence-electron chi connectivity index (χ2n) is 9.03. The lowest BCUT2D eigenvalue weighted by molar-refractivity contribution is -0.140. The van der Waals surface area contributed by atoms with Gasteiger partial charge in [-0.3, -0.25) is 19.2 Å². The summed E-state index contributed by atoms with van der Waals surface area (Å²) in [7, 11) is 2.94. The Balaban J connectivity index is 1.65. The van der Waals surface area contributed by atoms with Gasteiger partial charge in [0.05, 0.1) is 5.56 Å². The number of hydrogen-bond acceptors (Lipinski definition) is 8. The highest BCUT2D eigenvalue weighted by molar-refractivity contribution is 6.38. The van der Waals surface area contributed by atoms with Crippen LogP contribution in [0, 0.1) is 0 Å². The van der Waals surface area contributed by atoms with Gasteiger partial charge < -0.3 is 29.6 Å². The number of rotatable bonds is 17. The molecule has 0 spiro atoms. The predicted molar refractivity (Wildman–Crippen MR) is 150 cm³/mol. The zero-order chi connectivity index (χ0) is 29.5. The summed E-state index contributed by atoms with van der Waals surface area (Å²) in [6.45, 7) is 0.100. The van der Waals surface area contributed by atoms with Crippen LogP contribution in [0.1, 0.15) is 34.3 Å². The van der Waals surface area contributed by atoms with Gasteiger partial charge in [0, 0.05) is 46.1 Å². The van der Waals surface area contributed by atoms with E-state index in [0.717, 1.165) is 11.1 Å². The van der Waals surface area contributed by atoms with E-state index < -0.39 is 23.6 Å². The molecule has 0 aromatic heterocycles. The van der Waals surface area contributed by atoms with E-state index in [1.54, 1.807) is 18.2 Å². The largest absolute Gasteiger partial charge is 0.467 e. The molecule has 0 heterocycles. The number of amides is 2. The SMILES string of the molecule is COCOc1ccc(C(=O)CCC(=O)N[C@@H](Cc2ccccc2)C(=O)C(=O)NCc2ccccc2)c(OCOC)c1. The normalized spacial score (nSPS) is 11.3. The molecule has 41 heavy (non-hydrogen) atoms. The number of benzene rings is 3. The van der Waals surface area contributed by atoms with Crippen LogP contribution in [-0.2, 0) is 36.8 Å². The van der Waals surface area contributed by atoms with E-state index in [-0.39, 0.29) is 56.5 Å². The highest BCUT2D eigenvalue weighted by Crippen LogP contribution is 2.27. The molecule has 0 aliphatic rings. The molecule has 3 aromatic rings. The molecule has 2 N–H and O–H groups in total. The first kappa shape index (κ1) is 31.0. The first-order valence-electron chi connectivity index (χ1n) is 13.0. The molecule has 0 aliphatic carbocycles. The van der Waals surface area contributed by atoms with Crippen LogP contribution in [0.3, 0.4) is 0 Å². The van der Waals surface area contributed by atoms with Crippen molar-refractivity contribution in [2.75, 3.05) is 27.8 Å². The maximum atomic E-state index is 13.1. The molecule has 0 aliphatic heterocycles. The molecular formula is C31H34N2O8. The highest BCUT2D eigenvalue weighted by atomic mass is 16.7. The molecule has 2 amide bonds. The van der Waals surface area contributed by atoms with Gasteiger partial charge in [0.1, 0.15) is 17.5 Å². The Bertz CT molecular complexity index is 1300. The van der Waals surface area contributed by atoms with Crippen molar-refractivity contribution in [1.29, 1.82) is 0 Å². The molecular weight excluding hydrogens is 528 g/mol. The maximum absolute atomic E-state index is 13.1. The monoisotopic (exact) mass is 562 g/mol. The van der Waals surface area contributed by atoms with Crippen LogP contribution in [0.4, 0.5) is 0 Å². The maximum Gasteiger partial charge on any atom is 0.289 e. The Kier molecular flexibility index (Phi) is 12.5. The Morgan fingerprint density at radius 2 is 1.39 bits per heavy atom. The van der Waals surface area contributed by atoms with Gasteiger partial charge in [-0.2, -0.15) is 0 Å². The van der Waals surface area contributed by atoms with Crippen LogP contribution in [0.15, 0.2) is 78.9 Å². The van der Waals surface area contributed by atoms with Crippen molar-refractivity contribution in [2.45, 2.75) is 31.8 Å². The van der Waals surface area contributed by atoms with Gasteiger partial charge in [0.2, 0.25) is 11.7 Å². The third kappa shape index (κ3) is 10.2. The molecule has 10 nitrogen and oxygen atoms in total. The number of nitrogens with one attached hydrogen (secondary N) is 2. The van der Waals surface area contributed by atoms with Crippen LogP contribution in [-0.4, -0.2) is 57.2 Å². The molecule has 3 rings (SSSR count). The molecule has 0 fully saturated rings. The summed E-state index contributed by atoms with van der Waals surface area (Å²) in [4.78, 5) is 51.6. The lowest BCUT2D eigenvalue weighted by Gasteiger charge is -2.18. The number of ether oxygens (including phenoxy) is 4. The lowest BCUT2D eigenvalue weighted by Crippen LogP contribution is -2.48. The average molecular weight is 563 g/mol. The summed E-state index contributed by atoms with van der Waals surface area (Å²) in [6, 6.07) is 21.8. The van der Waals surface area contributed by atoms with Gasteiger partial charge in [0.15, 0.2) is 19.4 Å². The molecule has 3 aromatic carbocycles. The van der Waals surface area contributed by atoms with Crippen LogP contribution in [0.5, 0.6) is 11.5 Å². The van der Waals surface area contributed by atoms with E-state index in [1.807, 2.05) is 48.5 Å². The van der Waals surface area contributed by atoms with Crippen molar-refractivity contribution < 1.29 is 38.1 Å². The first-order chi connectivity index (χ1) is 19.9. The summed E-state index contributed by atoms with van der Waals surface area (Å²) in [5, 5.41) is 5.26. The van der Waals surface area contributed by atoms with Crippen molar-refractivity contribution in [3.63, 3.8) is 0 Å². The van der Waals surface area contributed by atoms with E-state index in [9.17, 15) is 19.2 Å². The Morgan fingerprint density at radius 1 is 0.756 bits per heavy atom. The standard InChI is InChI=1S/C31H34N2O8/c1-38-20-40-24-13-14-25(28(18-24)41-21-39-2)27(34)15-16-29(35)33-26(17-22-9-5-3-6-10-22)30(36)31(37)32-19-23-11-7-4-8-12-23/h3-14,18,26H,15-17,19-21H2,1-2H3,(H,32,37)(H,33,35)/t26-/m0/s1. The van der Waals surface area contributed by atoms with Crippen LogP contribution >= 0.6 is 0 Å². The molecule has 0 bridgehead atoms. The van der Waals surface area contributed by atoms with E-state index >= 15 is 0 Å². The number of methoxy groups -OCH3 is 2. The average Bonchev–Trinajstić information content (AvgIpc) is 3.00. The third-order valence-corrected chi connectivity index (χ3v) is 5.96.